The van der Waals surface area contributed by atoms with Crippen LogP contribution in [0.2, 0.25) is 0 Å². The van der Waals surface area contributed by atoms with Crippen LogP contribution in [0, 0.1) is 0 Å². The SMILES string of the molecule is CC(=O)c1ccccc1OCC(O)(CO)[C@H](Cc1ccccc1)NC(=O)[C@H](CC(N)=O)NC(=O)c1ccc2ccccc2n1. The zero-order valence-corrected chi connectivity index (χ0v) is 24.1. The topological polar surface area (TPSA) is 181 Å². The number of benzene rings is 3. The molecule has 228 valence electrons. The fraction of sp³-hybridized carbons (Fsp3) is 0.242. The highest BCUT2D eigenvalue weighted by Crippen LogP contribution is 2.23. The van der Waals surface area contributed by atoms with E-state index in [0.29, 0.717) is 11.1 Å². The number of Topliss-reactive ketones (excluding diaryl/α,β-unsaturated/α-hetero) is 1. The number of aromatic nitrogens is 1. The van der Waals surface area contributed by atoms with Crippen LogP contribution in [0.4, 0.5) is 0 Å². The van der Waals surface area contributed by atoms with Gasteiger partial charge in [-0.1, -0.05) is 66.7 Å². The first-order chi connectivity index (χ1) is 21.1. The van der Waals surface area contributed by atoms with Crippen molar-refractivity contribution in [1.82, 2.24) is 15.6 Å². The smallest absolute Gasteiger partial charge is 0.270 e. The van der Waals surface area contributed by atoms with E-state index in [1.807, 2.05) is 12.1 Å². The van der Waals surface area contributed by atoms with Crippen molar-refractivity contribution in [3.8, 4) is 5.75 Å². The Morgan fingerprint density at radius 2 is 1.59 bits per heavy atom. The van der Waals surface area contributed by atoms with Crippen molar-refractivity contribution in [1.29, 1.82) is 0 Å². The van der Waals surface area contributed by atoms with Crippen LogP contribution in [-0.4, -0.2) is 69.6 Å². The van der Waals surface area contributed by atoms with E-state index < -0.39 is 55.0 Å². The number of ketones is 1. The zero-order valence-electron chi connectivity index (χ0n) is 24.1. The maximum absolute atomic E-state index is 13.6. The lowest BCUT2D eigenvalue weighted by Crippen LogP contribution is -2.62. The number of rotatable bonds is 14. The molecule has 0 bridgehead atoms. The van der Waals surface area contributed by atoms with Gasteiger partial charge in [0, 0.05) is 5.39 Å². The standard InChI is InChI=1S/C33H34N4O7/c1-21(39)24-12-6-8-14-28(24)44-20-33(43,19-38)29(17-22-9-3-2-4-10-22)37-32(42)27(18-30(34)40)36-31(41)26-16-15-23-11-5-7-13-25(23)35-26/h2-16,27,29,38,43H,17-20H2,1H3,(H2,34,40)(H,36,41)(H,37,42)/t27-,29-,33?/m0/s1. The predicted molar refractivity (Wildman–Crippen MR) is 163 cm³/mol. The molecule has 0 aliphatic carbocycles. The molecule has 1 aromatic heterocycles. The molecule has 11 heteroatoms. The summed E-state index contributed by atoms with van der Waals surface area (Å²) < 4.78 is 5.80. The van der Waals surface area contributed by atoms with Crippen LogP contribution in [0.5, 0.6) is 5.75 Å². The van der Waals surface area contributed by atoms with E-state index in [-0.39, 0.29) is 29.2 Å². The van der Waals surface area contributed by atoms with Crippen molar-refractivity contribution < 1.29 is 34.1 Å². The van der Waals surface area contributed by atoms with Gasteiger partial charge in [-0.2, -0.15) is 0 Å². The molecule has 3 amide bonds. The first-order valence-corrected chi connectivity index (χ1v) is 13.9. The number of nitrogens with one attached hydrogen (secondary N) is 2. The maximum atomic E-state index is 13.6. The van der Waals surface area contributed by atoms with E-state index in [4.69, 9.17) is 10.5 Å². The summed E-state index contributed by atoms with van der Waals surface area (Å²) >= 11 is 0. The quantitative estimate of drug-likeness (QED) is 0.137. The van der Waals surface area contributed by atoms with Gasteiger partial charge in [0.1, 0.15) is 29.7 Å². The molecule has 0 aliphatic rings. The second-order valence-electron chi connectivity index (χ2n) is 10.4. The van der Waals surface area contributed by atoms with Crippen LogP contribution in [-0.2, 0) is 16.0 Å². The summed E-state index contributed by atoms with van der Waals surface area (Å²) in [6, 6.07) is 23.2. The van der Waals surface area contributed by atoms with Crippen LogP contribution < -0.4 is 21.1 Å². The van der Waals surface area contributed by atoms with Gasteiger partial charge < -0.3 is 31.3 Å². The number of nitrogens with two attached hydrogens (primary N) is 1. The third kappa shape index (κ3) is 8.03. The predicted octanol–water partition coefficient (Wildman–Crippen LogP) is 1.94. The Morgan fingerprint density at radius 1 is 0.909 bits per heavy atom. The Kier molecular flexibility index (Phi) is 10.4. The van der Waals surface area contributed by atoms with Crippen molar-refractivity contribution in [3.63, 3.8) is 0 Å². The largest absolute Gasteiger partial charge is 0.490 e. The van der Waals surface area contributed by atoms with Gasteiger partial charge in [0.2, 0.25) is 11.8 Å². The number of carbonyl (C=O) groups excluding carboxylic acids is 4. The lowest BCUT2D eigenvalue weighted by Gasteiger charge is -2.36. The molecule has 3 aromatic carbocycles. The molecule has 0 aliphatic heterocycles. The lowest BCUT2D eigenvalue weighted by atomic mass is 9.89. The molecular formula is C33H34N4O7. The molecule has 1 unspecified atom stereocenters. The molecule has 6 N–H and O–H groups in total. The zero-order chi connectivity index (χ0) is 31.7. The molecule has 0 fully saturated rings. The highest BCUT2D eigenvalue weighted by atomic mass is 16.5. The second-order valence-corrected chi connectivity index (χ2v) is 10.4. The summed E-state index contributed by atoms with van der Waals surface area (Å²) in [7, 11) is 0. The number of carbonyl (C=O) groups is 4. The van der Waals surface area contributed by atoms with E-state index in [2.05, 4.69) is 15.6 Å². The fourth-order valence-electron chi connectivity index (χ4n) is 4.68. The Hall–Kier alpha value is -5.13. The molecule has 4 aromatic rings. The number of aliphatic hydroxyl groups excluding tert-OH is 1. The average Bonchev–Trinajstić information content (AvgIpc) is 3.03. The summed E-state index contributed by atoms with van der Waals surface area (Å²) in [5.74, 6) is -2.45. The Labute approximate surface area is 254 Å². The van der Waals surface area contributed by atoms with Crippen molar-refractivity contribution >= 4 is 34.4 Å². The van der Waals surface area contributed by atoms with E-state index in [1.165, 1.54) is 13.0 Å². The molecule has 11 nitrogen and oxygen atoms in total. The summed E-state index contributed by atoms with van der Waals surface area (Å²) in [6.07, 6.45) is -0.492. The Bertz CT molecular complexity index is 1650. The van der Waals surface area contributed by atoms with Gasteiger partial charge in [0.15, 0.2) is 5.78 Å². The van der Waals surface area contributed by atoms with Gasteiger partial charge in [0.05, 0.1) is 30.1 Å². The molecule has 44 heavy (non-hydrogen) atoms. The minimum absolute atomic E-state index is 0.0243. The van der Waals surface area contributed by atoms with E-state index in [1.54, 1.807) is 72.8 Å². The molecule has 3 atom stereocenters. The van der Waals surface area contributed by atoms with Crippen molar-refractivity contribution in [2.24, 2.45) is 5.73 Å². The van der Waals surface area contributed by atoms with Gasteiger partial charge in [-0.25, -0.2) is 4.98 Å². The van der Waals surface area contributed by atoms with Gasteiger partial charge in [0.25, 0.3) is 5.91 Å². The van der Waals surface area contributed by atoms with Gasteiger partial charge in [-0.3, -0.25) is 19.2 Å². The number of hydrogen-bond acceptors (Lipinski definition) is 8. The van der Waals surface area contributed by atoms with Gasteiger partial charge in [-0.15, -0.1) is 0 Å². The molecule has 1 heterocycles. The summed E-state index contributed by atoms with van der Waals surface area (Å²) in [5.41, 5.74) is 4.94. The number of fused-ring (bicyclic) bond motifs is 1. The van der Waals surface area contributed by atoms with Crippen LogP contribution in [0.15, 0.2) is 91.0 Å². The minimum atomic E-state index is -2.06. The number of hydrogen-bond donors (Lipinski definition) is 5. The van der Waals surface area contributed by atoms with Crippen molar-refractivity contribution in [2.45, 2.75) is 37.5 Å². The van der Waals surface area contributed by atoms with Crippen molar-refractivity contribution in [2.75, 3.05) is 13.2 Å². The third-order valence-electron chi connectivity index (χ3n) is 7.12. The number of amides is 3. The maximum Gasteiger partial charge on any atom is 0.270 e. The van der Waals surface area contributed by atoms with Gasteiger partial charge >= 0.3 is 0 Å². The molecule has 0 saturated heterocycles. The normalized spacial score (nSPS) is 13.7. The average molecular weight is 599 g/mol. The Morgan fingerprint density at radius 3 is 2.30 bits per heavy atom. The lowest BCUT2D eigenvalue weighted by molar-refractivity contribution is -0.131. The first-order valence-electron chi connectivity index (χ1n) is 13.9. The highest BCUT2D eigenvalue weighted by molar-refractivity contribution is 5.99. The van der Waals surface area contributed by atoms with E-state index in [0.717, 1.165) is 5.39 Å². The number of ether oxygens (including phenoxy) is 1. The molecule has 0 saturated carbocycles. The summed E-state index contributed by atoms with van der Waals surface area (Å²) in [6.45, 7) is 0.0414. The molecule has 0 spiro atoms. The monoisotopic (exact) mass is 598 g/mol. The molecule has 4 rings (SSSR count). The highest BCUT2D eigenvalue weighted by Gasteiger charge is 2.40. The molecule has 0 radical (unpaired) electrons. The van der Waals surface area contributed by atoms with E-state index >= 15 is 0 Å². The molecular weight excluding hydrogens is 564 g/mol. The number of pyridine rings is 1. The van der Waals surface area contributed by atoms with Crippen LogP contribution in [0.1, 0.15) is 39.8 Å². The number of para-hydroxylation sites is 2. The number of nitrogens with zero attached hydrogens (tertiary/aromatic N) is 1. The second kappa shape index (κ2) is 14.4. The number of aliphatic hydroxyl groups is 2. The Balaban J connectivity index is 1.59. The number of primary amides is 1. The third-order valence-corrected chi connectivity index (χ3v) is 7.12. The van der Waals surface area contributed by atoms with Gasteiger partial charge in [-0.05, 0) is 43.2 Å². The van der Waals surface area contributed by atoms with Crippen molar-refractivity contribution in [3.05, 3.63) is 108 Å². The minimum Gasteiger partial charge on any atom is -0.490 e. The fourth-order valence-corrected chi connectivity index (χ4v) is 4.68. The summed E-state index contributed by atoms with van der Waals surface area (Å²) in [4.78, 5) is 55.1. The van der Waals surface area contributed by atoms with E-state index in [9.17, 15) is 29.4 Å². The summed E-state index contributed by atoms with van der Waals surface area (Å²) in [5, 5.41) is 28.0. The first kappa shape index (κ1) is 31.8. The van der Waals surface area contributed by atoms with Crippen LogP contribution >= 0.6 is 0 Å². The van der Waals surface area contributed by atoms with Crippen LogP contribution in [0.3, 0.4) is 0 Å². The van der Waals surface area contributed by atoms with Crippen LogP contribution in [0.25, 0.3) is 10.9 Å².